The third-order valence-corrected chi connectivity index (χ3v) is 3.20. The van der Waals surface area contributed by atoms with Gasteiger partial charge >= 0.3 is 0 Å². The van der Waals surface area contributed by atoms with Gasteiger partial charge in [-0.05, 0) is 54.6 Å². The molecule has 4 N–H and O–H groups in total. The Balaban J connectivity index is 1.97. The second-order valence-corrected chi connectivity index (χ2v) is 4.96. The smallest absolute Gasteiger partial charge is 0.242 e. The van der Waals surface area contributed by atoms with Gasteiger partial charge in [0.2, 0.25) is 5.91 Å². The van der Waals surface area contributed by atoms with Crippen LogP contribution in [0.2, 0.25) is 0 Å². The molecule has 0 unspecified atom stereocenters. The van der Waals surface area contributed by atoms with E-state index in [-0.39, 0.29) is 11.0 Å². The first-order valence-electron chi connectivity index (χ1n) is 6.10. The molecule has 0 bridgehead atoms. The molecule has 0 aromatic heterocycles. The fourth-order valence-corrected chi connectivity index (χ4v) is 2.31. The first kappa shape index (κ1) is 12.8. The third kappa shape index (κ3) is 3.43. The number of thiocarbonyl (C=S) groups is 1. The van der Waals surface area contributed by atoms with Crippen LogP contribution < -0.4 is 16.6 Å². The molecule has 0 saturated carbocycles. The molecule has 0 atom stereocenters. The summed E-state index contributed by atoms with van der Waals surface area (Å²) in [5, 5.41) is 0.0637. The summed E-state index contributed by atoms with van der Waals surface area (Å²) in [7, 11) is 0. The molecule has 0 heterocycles. The van der Waals surface area contributed by atoms with Crippen LogP contribution in [0, 0.1) is 0 Å². The topological polar surface area (TPSA) is 67.2 Å². The van der Waals surface area contributed by atoms with E-state index in [2.05, 4.69) is 35.2 Å². The van der Waals surface area contributed by atoms with Crippen LogP contribution in [0.15, 0.2) is 18.2 Å². The summed E-state index contributed by atoms with van der Waals surface area (Å²) < 4.78 is 0. The zero-order chi connectivity index (χ0) is 13.0. The van der Waals surface area contributed by atoms with E-state index in [9.17, 15) is 4.79 Å². The molecule has 1 aliphatic carbocycles. The maximum atomic E-state index is 11.6. The lowest BCUT2D eigenvalue weighted by Crippen LogP contribution is -2.44. The van der Waals surface area contributed by atoms with Crippen LogP contribution >= 0.6 is 12.2 Å². The van der Waals surface area contributed by atoms with Crippen molar-refractivity contribution in [2.24, 2.45) is 5.73 Å². The Labute approximate surface area is 112 Å². The minimum absolute atomic E-state index is 0.0637. The Bertz CT molecular complexity index is 473. The van der Waals surface area contributed by atoms with Crippen molar-refractivity contribution in [2.45, 2.75) is 32.1 Å². The standard InChI is InChI=1S/C13H17N3OS/c14-13(18)16-15-12(17)8-9-5-6-10-3-1-2-4-11(10)7-9/h5-7H,1-4,8H2,(H,15,17)(H3,14,16,18). The van der Waals surface area contributed by atoms with Crippen molar-refractivity contribution in [3.05, 3.63) is 34.9 Å². The fourth-order valence-electron chi connectivity index (χ4n) is 2.26. The summed E-state index contributed by atoms with van der Waals surface area (Å²) in [4.78, 5) is 11.6. The predicted molar refractivity (Wildman–Crippen MR) is 74.9 cm³/mol. The highest BCUT2D eigenvalue weighted by atomic mass is 32.1. The minimum atomic E-state index is -0.140. The second-order valence-electron chi connectivity index (χ2n) is 4.52. The normalized spacial score (nSPS) is 13.6. The average molecular weight is 263 g/mol. The number of nitrogens with one attached hydrogen (secondary N) is 2. The second kappa shape index (κ2) is 5.82. The summed E-state index contributed by atoms with van der Waals surface area (Å²) in [6, 6.07) is 6.29. The first-order chi connectivity index (χ1) is 8.65. The van der Waals surface area contributed by atoms with Gasteiger partial charge in [0.15, 0.2) is 5.11 Å². The fraction of sp³-hybridized carbons (Fsp3) is 0.385. The largest absolute Gasteiger partial charge is 0.375 e. The molecule has 0 saturated heterocycles. The van der Waals surface area contributed by atoms with E-state index in [4.69, 9.17) is 5.73 Å². The molecular formula is C13H17N3OS. The van der Waals surface area contributed by atoms with Gasteiger partial charge in [-0.3, -0.25) is 15.6 Å². The van der Waals surface area contributed by atoms with Crippen LogP contribution in [0.5, 0.6) is 0 Å². The van der Waals surface area contributed by atoms with Gasteiger partial charge in [0.25, 0.3) is 0 Å². The van der Waals surface area contributed by atoms with Crippen molar-refractivity contribution < 1.29 is 4.79 Å². The molecule has 1 amide bonds. The summed E-state index contributed by atoms with van der Waals surface area (Å²) in [5.41, 5.74) is 14.0. The zero-order valence-electron chi connectivity index (χ0n) is 10.2. The molecule has 0 aliphatic heterocycles. The van der Waals surface area contributed by atoms with E-state index in [1.807, 2.05) is 6.07 Å². The summed E-state index contributed by atoms with van der Waals surface area (Å²) >= 11 is 4.61. The number of carbonyl (C=O) groups excluding carboxylic acids is 1. The average Bonchev–Trinajstić information content (AvgIpc) is 2.36. The third-order valence-electron chi connectivity index (χ3n) is 3.10. The Morgan fingerprint density at radius 2 is 1.94 bits per heavy atom. The number of carbonyl (C=O) groups is 1. The van der Waals surface area contributed by atoms with E-state index in [0.29, 0.717) is 6.42 Å². The van der Waals surface area contributed by atoms with Gasteiger partial charge in [-0.15, -0.1) is 0 Å². The molecule has 0 spiro atoms. The monoisotopic (exact) mass is 263 g/mol. The van der Waals surface area contributed by atoms with Crippen molar-refractivity contribution in [3.63, 3.8) is 0 Å². The van der Waals surface area contributed by atoms with Crippen LogP contribution in [0.1, 0.15) is 29.5 Å². The van der Waals surface area contributed by atoms with Crippen LogP contribution in [0.3, 0.4) is 0 Å². The van der Waals surface area contributed by atoms with E-state index in [1.165, 1.54) is 24.0 Å². The number of amides is 1. The van der Waals surface area contributed by atoms with Crippen molar-refractivity contribution in [1.82, 2.24) is 10.9 Å². The van der Waals surface area contributed by atoms with Crippen LogP contribution in [0.4, 0.5) is 0 Å². The number of hydrazine groups is 1. The number of hydrogen-bond acceptors (Lipinski definition) is 2. The maximum Gasteiger partial charge on any atom is 0.242 e. The molecule has 18 heavy (non-hydrogen) atoms. The van der Waals surface area contributed by atoms with Gasteiger partial charge in [0, 0.05) is 0 Å². The first-order valence-corrected chi connectivity index (χ1v) is 6.51. The van der Waals surface area contributed by atoms with E-state index < -0.39 is 0 Å². The maximum absolute atomic E-state index is 11.6. The van der Waals surface area contributed by atoms with Crippen LogP contribution in [-0.2, 0) is 24.1 Å². The Hall–Kier alpha value is -1.62. The summed E-state index contributed by atoms with van der Waals surface area (Å²) in [6.45, 7) is 0. The Morgan fingerprint density at radius 1 is 1.22 bits per heavy atom. The number of benzene rings is 1. The summed E-state index contributed by atoms with van der Waals surface area (Å²) in [5.74, 6) is -0.140. The lowest BCUT2D eigenvalue weighted by atomic mass is 9.90. The summed E-state index contributed by atoms with van der Waals surface area (Å²) in [6.07, 6.45) is 5.12. The number of hydrogen-bond donors (Lipinski definition) is 3. The Kier molecular flexibility index (Phi) is 4.15. The highest BCUT2D eigenvalue weighted by Gasteiger charge is 2.10. The number of nitrogens with two attached hydrogens (primary N) is 1. The van der Waals surface area contributed by atoms with E-state index >= 15 is 0 Å². The molecular weight excluding hydrogens is 246 g/mol. The van der Waals surface area contributed by atoms with Gasteiger partial charge < -0.3 is 5.73 Å². The van der Waals surface area contributed by atoms with Crippen molar-refractivity contribution in [2.75, 3.05) is 0 Å². The quantitative estimate of drug-likeness (QED) is 0.549. The van der Waals surface area contributed by atoms with E-state index in [1.54, 1.807) is 0 Å². The van der Waals surface area contributed by atoms with Gasteiger partial charge in [-0.2, -0.15) is 0 Å². The van der Waals surface area contributed by atoms with Crippen molar-refractivity contribution in [1.29, 1.82) is 0 Å². The predicted octanol–water partition coefficient (Wildman–Crippen LogP) is 0.972. The number of rotatable bonds is 2. The van der Waals surface area contributed by atoms with Gasteiger partial charge in [0.1, 0.15) is 0 Å². The number of aryl methyl sites for hydroxylation is 2. The van der Waals surface area contributed by atoms with Gasteiger partial charge in [-0.1, -0.05) is 18.2 Å². The SMILES string of the molecule is NC(=S)NNC(=O)Cc1ccc2c(c1)CCCC2. The molecule has 5 heteroatoms. The molecule has 1 aromatic carbocycles. The lowest BCUT2D eigenvalue weighted by Gasteiger charge is -2.16. The molecule has 4 nitrogen and oxygen atoms in total. The molecule has 1 aromatic rings. The van der Waals surface area contributed by atoms with Crippen LogP contribution in [0.25, 0.3) is 0 Å². The zero-order valence-corrected chi connectivity index (χ0v) is 11.0. The lowest BCUT2D eigenvalue weighted by molar-refractivity contribution is -0.121. The van der Waals surface area contributed by atoms with Gasteiger partial charge in [-0.25, -0.2) is 0 Å². The van der Waals surface area contributed by atoms with E-state index in [0.717, 1.165) is 18.4 Å². The molecule has 1 aliphatic rings. The van der Waals surface area contributed by atoms with Crippen molar-refractivity contribution >= 4 is 23.2 Å². The highest BCUT2D eigenvalue weighted by molar-refractivity contribution is 7.80. The highest BCUT2D eigenvalue weighted by Crippen LogP contribution is 2.22. The van der Waals surface area contributed by atoms with Gasteiger partial charge in [0.05, 0.1) is 6.42 Å². The van der Waals surface area contributed by atoms with Crippen LogP contribution in [-0.4, -0.2) is 11.0 Å². The Morgan fingerprint density at radius 3 is 2.67 bits per heavy atom. The molecule has 0 fully saturated rings. The number of fused-ring (bicyclic) bond motifs is 1. The van der Waals surface area contributed by atoms with Crippen molar-refractivity contribution in [3.8, 4) is 0 Å². The molecule has 0 radical (unpaired) electrons. The molecule has 2 rings (SSSR count). The molecule has 96 valence electrons. The minimum Gasteiger partial charge on any atom is -0.375 e.